The van der Waals surface area contributed by atoms with Gasteiger partial charge in [-0.25, -0.2) is 8.78 Å². The standard InChI is InChI=1S/C9H9ClF2N2/c1-9(8(11)12)13-6-3-2-5(10)4-7(6)14-9/h2-4,8,13-14H,1H3. The van der Waals surface area contributed by atoms with Crippen LogP contribution in [-0.4, -0.2) is 12.1 Å². The van der Waals surface area contributed by atoms with E-state index in [2.05, 4.69) is 10.6 Å². The summed E-state index contributed by atoms with van der Waals surface area (Å²) in [5.74, 6) is 0. The predicted octanol–water partition coefficient (Wildman–Crippen LogP) is 3.16. The van der Waals surface area contributed by atoms with E-state index in [1.54, 1.807) is 18.2 Å². The molecule has 0 saturated heterocycles. The van der Waals surface area contributed by atoms with Crippen LogP contribution < -0.4 is 10.6 Å². The Morgan fingerprint density at radius 1 is 1.29 bits per heavy atom. The summed E-state index contributed by atoms with van der Waals surface area (Å²) in [5, 5.41) is 5.95. The third-order valence-electron chi connectivity index (χ3n) is 2.21. The van der Waals surface area contributed by atoms with E-state index in [0.29, 0.717) is 16.4 Å². The Balaban J connectivity index is 2.34. The fourth-order valence-corrected chi connectivity index (χ4v) is 1.60. The average molecular weight is 219 g/mol. The summed E-state index contributed by atoms with van der Waals surface area (Å²) in [6, 6.07) is 4.96. The van der Waals surface area contributed by atoms with Crippen molar-refractivity contribution in [1.29, 1.82) is 0 Å². The van der Waals surface area contributed by atoms with Gasteiger partial charge in [0.1, 0.15) is 0 Å². The number of hydrogen-bond donors (Lipinski definition) is 2. The maximum Gasteiger partial charge on any atom is 0.279 e. The minimum Gasteiger partial charge on any atom is -0.357 e. The van der Waals surface area contributed by atoms with Gasteiger partial charge < -0.3 is 10.6 Å². The van der Waals surface area contributed by atoms with E-state index in [4.69, 9.17) is 11.6 Å². The van der Waals surface area contributed by atoms with Crippen molar-refractivity contribution in [1.82, 2.24) is 0 Å². The van der Waals surface area contributed by atoms with Crippen molar-refractivity contribution in [3.8, 4) is 0 Å². The molecule has 5 heteroatoms. The normalized spacial score (nSPS) is 24.4. The third-order valence-corrected chi connectivity index (χ3v) is 2.44. The lowest BCUT2D eigenvalue weighted by Gasteiger charge is -2.24. The Morgan fingerprint density at radius 2 is 1.93 bits per heavy atom. The molecule has 14 heavy (non-hydrogen) atoms. The lowest BCUT2D eigenvalue weighted by molar-refractivity contribution is 0.0917. The highest BCUT2D eigenvalue weighted by molar-refractivity contribution is 6.31. The number of benzene rings is 1. The van der Waals surface area contributed by atoms with Crippen molar-refractivity contribution in [2.45, 2.75) is 19.0 Å². The zero-order chi connectivity index (χ0) is 10.3. The summed E-state index contributed by atoms with van der Waals surface area (Å²) < 4.78 is 25.3. The SMILES string of the molecule is CC1(C(F)F)Nc2ccc(Cl)cc2N1. The third kappa shape index (κ3) is 1.39. The number of fused-ring (bicyclic) bond motifs is 1. The van der Waals surface area contributed by atoms with Crippen LogP contribution in [0, 0.1) is 0 Å². The maximum atomic E-state index is 12.6. The molecule has 1 aromatic rings. The highest BCUT2D eigenvalue weighted by Gasteiger charge is 2.40. The minimum absolute atomic E-state index is 0.525. The molecule has 1 atom stereocenters. The van der Waals surface area contributed by atoms with Crippen LogP contribution in [0.4, 0.5) is 20.2 Å². The predicted molar refractivity (Wildman–Crippen MR) is 53.1 cm³/mol. The highest BCUT2D eigenvalue weighted by Crippen LogP contribution is 2.37. The fourth-order valence-electron chi connectivity index (χ4n) is 1.43. The summed E-state index contributed by atoms with van der Waals surface area (Å²) >= 11 is 5.74. The van der Waals surface area contributed by atoms with E-state index in [1.165, 1.54) is 6.92 Å². The Labute approximate surface area is 85.3 Å². The van der Waals surface area contributed by atoms with Gasteiger partial charge in [-0.05, 0) is 25.1 Å². The maximum absolute atomic E-state index is 12.6. The minimum atomic E-state index is -2.49. The molecule has 2 N–H and O–H groups in total. The van der Waals surface area contributed by atoms with E-state index in [-0.39, 0.29) is 0 Å². The fraction of sp³-hybridized carbons (Fsp3) is 0.333. The first-order valence-electron chi connectivity index (χ1n) is 4.15. The van der Waals surface area contributed by atoms with Gasteiger partial charge in [0.2, 0.25) is 0 Å². The van der Waals surface area contributed by atoms with Crippen LogP contribution in [0.1, 0.15) is 6.92 Å². The number of rotatable bonds is 1. The van der Waals surface area contributed by atoms with E-state index in [1.807, 2.05) is 0 Å². The topological polar surface area (TPSA) is 24.1 Å². The van der Waals surface area contributed by atoms with Crippen molar-refractivity contribution in [3.05, 3.63) is 23.2 Å². The number of nitrogens with one attached hydrogen (secondary N) is 2. The molecular formula is C9H9ClF2N2. The molecule has 0 amide bonds. The molecule has 1 unspecified atom stereocenters. The molecule has 1 aliphatic rings. The number of alkyl halides is 2. The highest BCUT2D eigenvalue weighted by atomic mass is 35.5. The van der Waals surface area contributed by atoms with Gasteiger partial charge in [-0.3, -0.25) is 0 Å². The van der Waals surface area contributed by atoms with E-state index in [0.717, 1.165) is 0 Å². The smallest absolute Gasteiger partial charge is 0.279 e. The second-order valence-corrected chi connectivity index (χ2v) is 3.88. The molecular weight excluding hydrogens is 210 g/mol. The molecule has 0 fully saturated rings. The number of anilines is 2. The van der Waals surface area contributed by atoms with Crippen LogP contribution in [0.5, 0.6) is 0 Å². The molecule has 0 aromatic heterocycles. The molecule has 2 nitrogen and oxygen atoms in total. The van der Waals surface area contributed by atoms with Crippen molar-refractivity contribution in [2.24, 2.45) is 0 Å². The monoisotopic (exact) mass is 218 g/mol. The zero-order valence-corrected chi connectivity index (χ0v) is 8.20. The molecule has 76 valence electrons. The van der Waals surface area contributed by atoms with Crippen LogP contribution in [0.2, 0.25) is 5.02 Å². The molecule has 0 saturated carbocycles. The molecule has 0 aliphatic carbocycles. The summed E-state index contributed by atoms with van der Waals surface area (Å²) in [7, 11) is 0. The molecule has 0 spiro atoms. The second kappa shape index (κ2) is 2.98. The Morgan fingerprint density at radius 3 is 2.57 bits per heavy atom. The Kier molecular flexibility index (Phi) is 2.03. The van der Waals surface area contributed by atoms with E-state index >= 15 is 0 Å². The lowest BCUT2D eigenvalue weighted by Crippen LogP contribution is -2.45. The Bertz CT molecular complexity index is 370. The number of halogens is 3. The van der Waals surface area contributed by atoms with Gasteiger partial charge in [-0.2, -0.15) is 0 Å². The summed E-state index contributed by atoms with van der Waals surface area (Å²) in [6.45, 7) is 1.41. The molecule has 1 heterocycles. The van der Waals surface area contributed by atoms with Crippen molar-refractivity contribution in [2.75, 3.05) is 10.6 Å². The van der Waals surface area contributed by atoms with Crippen molar-refractivity contribution in [3.63, 3.8) is 0 Å². The van der Waals surface area contributed by atoms with Gasteiger partial charge in [-0.15, -0.1) is 0 Å². The van der Waals surface area contributed by atoms with Gasteiger partial charge in [0.15, 0.2) is 5.66 Å². The van der Waals surface area contributed by atoms with Crippen molar-refractivity contribution < 1.29 is 8.78 Å². The van der Waals surface area contributed by atoms with Gasteiger partial charge in [0.05, 0.1) is 11.4 Å². The van der Waals surface area contributed by atoms with Crippen LogP contribution in [0.3, 0.4) is 0 Å². The first-order valence-corrected chi connectivity index (χ1v) is 4.53. The Hall–Kier alpha value is -1.03. The quantitative estimate of drug-likeness (QED) is 0.757. The molecule has 0 bridgehead atoms. The van der Waals surface area contributed by atoms with Gasteiger partial charge in [-0.1, -0.05) is 11.6 Å². The molecule has 2 rings (SSSR count). The summed E-state index contributed by atoms with van der Waals surface area (Å²) in [5.41, 5.74) is -0.134. The first kappa shape index (κ1) is 9.52. The molecule has 1 aliphatic heterocycles. The van der Waals surface area contributed by atoms with Crippen LogP contribution in [0.25, 0.3) is 0 Å². The van der Waals surface area contributed by atoms with Crippen LogP contribution in [-0.2, 0) is 0 Å². The second-order valence-electron chi connectivity index (χ2n) is 3.44. The van der Waals surface area contributed by atoms with E-state index < -0.39 is 12.1 Å². The van der Waals surface area contributed by atoms with Crippen LogP contribution in [0.15, 0.2) is 18.2 Å². The van der Waals surface area contributed by atoms with Gasteiger partial charge in [0.25, 0.3) is 6.43 Å². The van der Waals surface area contributed by atoms with Crippen LogP contribution >= 0.6 is 11.6 Å². The van der Waals surface area contributed by atoms with E-state index in [9.17, 15) is 8.78 Å². The number of hydrogen-bond acceptors (Lipinski definition) is 2. The largest absolute Gasteiger partial charge is 0.357 e. The molecule has 1 aromatic carbocycles. The zero-order valence-electron chi connectivity index (χ0n) is 7.44. The van der Waals surface area contributed by atoms with Gasteiger partial charge in [0, 0.05) is 5.02 Å². The first-order chi connectivity index (χ1) is 6.51. The average Bonchev–Trinajstić information content (AvgIpc) is 2.42. The molecule has 0 radical (unpaired) electrons. The van der Waals surface area contributed by atoms with Crippen molar-refractivity contribution >= 4 is 23.0 Å². The summed E-state index contributed by atoms with van der Waals surface area (Å²) in [4.78, 5) is 0. The summed E-state index contributed by atoms with van der Waals surface area (Å²) in [6.07, 6.45) is -2.49. The van der Waals surface area contributed by atoms with Gasteiger partial charge >= 0.3 is 0 Å². The lowest BCUT2D eigenvalue weighted by atomic mass is 10.2.